The molecule has 1 aromatic heterocycles. The number of halogens is 1. The van der Waals surface area contributed by atoms with Crippen LogP contribution in [0, 0.1) is 0 Å². The van der Waals surface area contributed by atoms with Gasteiger partial charge in [0.2, 0.25) is 0 Å². The first-order chi connectivity index (χ1) is 11.6. The van der Waals surface area contributed by atoms with E-state index in [9.17, 15) is 4.79 Å². The third-order valence-corrected chi connectivity index (χ3v) is 4.19. The Labute approximate surface area is 146 Å². The number of hydrogen-bond donors (Lipinski definition) is 1. The number of carbonyl (C=O) groups is 1. The topological polar surface area (TPSA) is 46.9 Å². The number of fused-ring (bicyclic) bond motifs is 1. The number of rotatable bonds is 5. The Morgan fingerprint density at radius 3 is 2.79 bits per heavy atom. The van der Waals surface area contributed by atoms with Crippen LogP contribution in [0.5, 0.6) is 0 Å². The summed E-state index contributed by atoms with van der Waals surface area (Å²) < 4.78 is 2.18. The minimum Gasteiger partial charge on any atom is -0.342 e. The van der Waals surface area contributed by atoms with Crippen molar-refractivity contribution in [2.24, 2.45) is 0 Å². The second-order valence-electron chi connectivity index (χ2n) is 5.82. The van der Waals surface area contributed by atoms with Crippen molar-refractivity contribution in [1.29, 1.82) is 0 Å². The zero-order chi connectivity index (χ0) is 17.1. The Bertz CT molecular complexity index is 872. The van der Waals surface area contributed by atoms with Gasteiger partial charge in [-0.2, -0.15) is 0 Å². The fraction of sp³-hybridized carbons (Fsp3) is 0.263. The van der Waals surface area contributed by atoms with Crippen LogP contribution in [0.2, 0.25) is 5.02 Å². The van der Waals surface area contributed by atoms with Crippen LogP contribution in [0.15, 0.2) is 48.5 Å². The van der Waals surface area contributed by atoms with Gasteiger partial charge < -0.3 is 9.88 Å². The number of nitrogens with zero attached hydrogens (tertiary/aromatic N) is 2. The molecule has 0 saturated carbocycles. The first-order valence-electron chi connectivity index (χ1n) is 8.11. The molecule has 24 heavy (non-hydrogen) atoms. The highest BCUT2D eigenvalue weighted by Gasteiger charge is 2.18. The maximum Gasteiger partial charge on any atom is 0.251 e. The molecule has 1 heterocycles. The average Bonchev–Trinajstić information content (AvgIpc) is 2.94. The largest absolute Gasteiger partial charge is 0.342 e. The smallest absolute Gasteiger partial charge is 0.251 e. The SMILES string of the molecule is CCCn1c(C(C)NC(=O)c2cccc(Cl)c2)nc2ccccc21. The van der Waals surface area contributed by atoms with E-state index in [4.69, 9.17) is 16.6 Å². The molecule has 0 radical (unpaired) electrons. The number of benzene rings is 2. The third-order valence-electron chi connectivity index (χ3n) is 3.95. The summed E-state index contributed by atoms with van der Waals surface area (Å²) in [5.74, 6) is 0.716. The molecule has 4 nitrogen and oxygen atoms in total. The molecule has 0 fully saturated rings. The molecule has 124 valence electrons. The lowest BCUT2D eigenvalue weighted by atomic mass is 10.2. The first kappa shape index (κ1) is 16.5. The van der Waals surface area contributed by atoms with Crippen LogP contribution < -0.4 is 5.32 Å². The normalized spacial score (nSPS) is 12.3. The summed E-state index contributed by atoms with van der Waals surface area (Å²) >= 11 is 5.97. The molecule has 1 unspecified atom stereocenters. The van der Waals surface area contributed by atoms with Gasteiger partial charge in [0.25, 0.3) is 5.91 Å². The lowest BCUT2D eigenvalue weighted by molar-refractivity contribution is 0.0937. The van der Waals surface area contributed by atoms with Crippen molar-refractivity contribution in [1.82, 2.24) is 14.9 Å². The summed E-state index contributed by atoms with van der Waals surface area (Å²) in [5.41, 5.74) is 2.59. The summed E-state index contributed by atoms with van der Waals surface area (Å²) in [6.07, 6.45) is 1.00. The summed E-state index contributed by atoms with van der Waals surface area (Å²) in [6.45, 7) is 4.96. The molecule has 5 heteroatoms. The Balaban J connectivity index is 1.89. The van der Waals surface area contributed by atoms with Gasteiger partial charge >= 0.3 is 0 Å². The van der Waals surface area contributed by atoms with E-state index in [0.29, 0.717) is 10.6 Å². The lowest BCUT2D eigenvalue weighted by Gasteiger charge is -2.16. The fourth-order valence-corrected chi connectivity index (χ4v) is 3.05. The second-order valence-corrected chi connectivity index (χ2v) is 6.25. The number of para-hydroxylation sites is 2. The van der Waals surface area contributed by atoms with Crippen molar-refractivity contribution >= 4 is 28.5 Å². The number of amides is 1. The van der Waals surface area contributed by atoms with E-state index in [1.54, 1.807) is 24.3 Å². The molecule has 1 atom stereocenters. The molecule has 0 aliphatic heterocycles. The molecule has 0 aliphatic carbocycles. The minimum absolute atomic E-state index is 0.153. The van der Waals surface area contributed by atoms with Gasteiger partial charge in [0.05, 0.1) is 17.1 Å². The number of imidazole rings is 1. The van der Waals surface area contributed by atoms with Crippen molar-refractivity contribution in [3.05, 3.63) is 64.9 Å². The van der Waals surface area contributed by atoms with Crippen LogP contribution in [0.4, 0.5) is 0 Å². The molecular weight excluding hydrogens is 322 g/mol. The molecule has 2 aromatic carbocycles. The maximum atomic E-state index is 12.5. The van der Waals surface area contributed by atoms with Gasteiger partial charge in [-0.25, -0.2) is 4.98 Å². The third kappa shape index (κ3) is 3.29. The Morgan fingerprint density at radius 2 is 2.04 bits per heavy atom. The van der Waals surface area contributed by atoms with Crippen LogP contribution in [-0.2, 0) is 6.54 Å². The molecule has 1 N–H and O–H groups in total. The van der Waals surface area contributed by atoms with Gasteiger partial charge in [0.1, 0.15) is 5.82 Å². The lowest BCUT2D eigenvalue weighted by Crippen LogP contribution is -2.28. The Morgan fingerprint density at radius 1 is 1.25 bits per heavy atom. The minimum atomic E-state index is -0.199. The van der Waals surface area contributed by atoms with Gasteiger partial charge in [-0.3, -0.25) is 4.79 Å². The Kier molecular flexibility index (Phi) is 4.86. The number of aryl methyl sites for hydroxylation is 1. The average molecular weight is 342 g/mol. The molecule has 0 bridgehead atoms. The van der Waals surface area contributed by atoms with Gasteiger partial charge in [-0.1, -0.05) is 36.7 Å². The Hall–Kier alpha value is -2.33. The van der Waals surface area contributed by atoms with Gasteiger partial charge in [-0.05, 0) is 43.7 Å². The number of hydrogen-bond acceptors (Lipinski definition) is 2. The van der Waals surface area contributed by atoms with Crippen LogP contribution in [0.3, 0.4) is 0 Å². The van der Waals surface area contributed by atoms with E-state index < -0.39 is 0 Å². The zero-order valence-corrected chi connectivity index (χ0v) is 14.5. The van der Waals surface area contributed by atoms with Crippen molar-refractivity contribution < 1.29 is 4.79 Å². The first-order valence-corrected chi connectivity index (χ1v) is 8.49. The molecule has 1 amide bonds. The standard InChI is InChI=1S/C19H20ClN3O/c1-3-11-23-17-10-5-4-9-16(17)22-18(23)13(2)21-19(24)14-7-6-8-15(20)12-14/h4-10,12-13H,3,11H2,1-2H3,(H,21,24). The molecule has 3 rings (SSSR count). The second kappa shape index (κ2) is 7.05. The molecular formula is C19H20ClN3O. The molecule has 0 aliphatic rings. The highest BCUT2D eigenvalue weighted by Crippen LogP contribution is 2.22. The number of nitrogens with one attached hydrogen (secondary N) is 1. The summed E-state index contributed by atoms with van der Waals surface area (Å²) in [4.78, 5) is 17.2. The van der Waals surface area contributed by atoms with Crippen LogP contribution in [-0.4, -0.2) is 15.5 Å². The van der Waals surface area contributed by atoms with E-state index in [0.717, 1.165) is 29.8 Å². The maximum absolute atomic E-state index is 12.5. The highest BCUT2D eigenvalue weighted by atomic mass is 35.5. The quantitative estimate of drug-likeness (QED) is 0.737. The summed E-state index contributed by atoms with van der Waals surface area (Å²) in [5, 5.41) is 3.57. The number of aromatic nitrogens is 2. The molecule has 3 aromatic rings. The predicted octanol–water partition coefficient (Wildman–Crippen LogP) is 4.59. The van der Waals surface area contributed by atoms with E-state index in [1.165, 1.54) is 0 Å². The van der Waals surface area contributed by atoms with Gasteiger partial charge in [0.15, 0.2) is 0 Å². The summed E-state index contributed by atoms with van der Waals surface area (Å²) in [7, 11) is 0. The van der Waals surface area contributed by atoms with E-state index in [-0.39, 0.29) is 11.9 Å². The molecule has 0 saturated heterocycles. The number of carbonyl (C=O) groups excluding carboxylic acids is 1. The van der Waals surface area contributed by atoms with Gasteiger partial charge in [0, 0.05) is 17.1 Å². The van der Waals surface area contributed by atoms with E-state index in [2.05, 4.69) is 22.9 Å². The van der Waals surface area contributed by atoms with Crippen LogP contribution in [0.1, 0.15) is 42.5 Å². The zero-order valence-electron chi connectivity index (χ0n) is 13.8. The fourth-order valence-electron chi connectivity index (χ4n) is 2.86. The van der Waals surface area contributed by atoms with E-state index >= 15 is 0 Å². The van der Waals surface area contributed by atoms with Crippen LogP contribution >= 0.6 is 11.6 Å². The molecule has 0 spiro atoms. The monoisotopic (exact) mass is 341 g/mol. The predicted molar refractivity (Wildman–Crippen MR) is 97.4 cm³/mol. The van der Waals surface area contributed by atoms with Crippen LogP contribution in [0.25, 0.3) is 11.0 Å². The van der Waals surface area contributed by atoms with Crippen molar-refractivity contribution in [3.63, 3.8) is 0 Å². The van der Waals surface area contributed by atoms with Crippen molar-refractivity contribution in [2.45, 2.75) is 32.9 Å². The van der Waals surface area contributed by atoms with Gasteiger partial charge in [-0.15, -0.1) is 0 Å². The summed E-state index contributed by atoms with van der Waals surface area (Å²) in [6, 6.07) is 14.8. The highest BCUT2D eigenvalue weighted by molar-refractivity contribution is 6.30. The van der Waals surface area contributed by atoms with E-state index in [1.807, 2.05) is 25.1 Å². The van der Waals surface area contributed by atoms with Crippen molar-refractivity contribution in [2.75, 3.05) is 0 Å². The van der Waals surface area contributed by atoms with Crippen molar-refractivity contribution in [3.8, 4) is 0 Å².